The molecule has 0 saturated carbocycles. The van der Waals surface area contributed by atoms with Crippen LogP contribution in [0.4, 0.5) is 0 Å². The summed E-state index contributed by atoms with van der Waals surface area (Å²) in [7, 11) is -3.66. The molecule has 0 radical (unpaired) electrons. The van der Waals surface area contributed by atoms with Gasteiger partial charge in [-0.05, 0) is 18.6 Å². The van der Waals surface area contributed by atoms with Gasteiger partial charge in [-0.3, -0.25) is 0 Å². The van der Waals surface area contributed by atoms with Gasteiger partial charge in [-0.15, -0.1) is 11.3 Å². The number of aromatic nitrogens is 1. The Hall–Kier alpha value is -1.02. The minimum absolute atomic E-state index is 0.0447. The van der Waals surface area contributed by atoms with Crippen LogP contribution in [-0.4, -0.2) is 31.2 Å². The van der Waals surface area contributed by atoms with E-state index in [2.05, 4.69) is 9.71 Å². The van der Waals surface area contributed by atoms with Crippen molar-refractivity contribution in [3.8, 4) is 0 Å². The van der Waals surface area contributed by atoms with Crippen molar-refractivity contribution in [2.45, 2.75) is 30.1 Å². The minimum atomic E-state index is -3.66. The molecule has 1 atom stereocenters. The first kappa shape index (κ1) is 14.4. The van der Waals surface area contributed by atoms with Crippen molar-refractivity contribution < 1.29 is 13.5 Å². The van der Waals surface area contributed by atoms with Gasteiger partial charge in [0.15, 0.2) is 0 Å². The number of fused-ring (bicyclic) bond motifs is 1. The molecule has 0 spiro atoms. The molecular weight excluding hydrogens is 284 g/mol. The minimum Gasteiger partial charge on any atom is -0.395 e. The average molecular weight is 300 g/mol. The number of aliphatic hydroxyl groups excluding tert-OH is 1. The zero-order chi connectivity index (χ0) is 13.9. The van der Waals surface area contributed by atoms with Gasteiger partial charge in [-0.1, -0.05) is 25.5 Å². The first-order valence-corrected chi connectivity index (χ1v) is 8.35. The highest BCUT2D eigenvalue weighted by Gasteiger charge is 2.22. The summed E-state index contributed by atoms with van der Waals surface area (Å²) in [6.45, 7) is 1.73. The number of thiazole rings is 1. The summed E-state index contributed by atoms with van der Waals surface area (Å²) in [5, 5.41) is 9.16. The summed E-state index contributed by atoms with van der Waals surface area (Å²) in [5.74, 6) is 0. The Bertz CT molecular complexity index is 619. The van der Waals surface area contributed by atoms with Crippen molar-refractivity contribution in [1.29, 1.82) is 0 Å². The monoisotopic (exact) mass is 300 g/mol. The first-order chi connectivity index (χ1) is 9.06. The van der Waals surface area contributed by atoms with Crippen LogP contribution in [0, 0.1) is 0 Å². The van der Waals surface area contributed by atoms with Crippen LogP contribution in [0.1, 0.15) is 19.8 Å². The molecule has 0 aliphatic rings. The largest absolute Gasteiger partial charge is 0.395 e. The molecule has 0 aliphatic carbocycles. The topological polar surface area (TPSA) is 79.3 Å². The average Bonchev–Trinajstić information content (AvgIpc) is 2.82. The molecule has 2 aromatic rings. The van der Waals surface area contributed by atoms with Gasteiger partial charge < -0.3 is 5.11 Å². The number of para-hydroxylation sites is 1. The molecular formula is C12H16N2O3S2. The Labute approximate surface area is 116 Å². The van der Waals surface area contributed by atoms with Crippen LogP contribution in [0.5, 0.6) is 0 Å². The lowest BCUT2D eigenvalue weighted by molar-refractivity contribution is 0.250. The third-order valence-corrected chi connectivity index (χ3v) is 5.62. The molecule has 0 amide bonds. The lowest BCUT2D eigenvalue weighted by Gasteiger charge is -2.13. The molecule has 1 heterocycles. The SMILES string of the molecule is CCC[C@@H](CO)NS(=O)(=O)c1nc2ccccc2s1. The van der Waals surface area contributed by atoms with Crippen LogP contribution in [0.2, 0.25) is 0 Å². The van der Waals surface area contributed by atoms with E-state index in [1.54, 1.807) is 6.07 Å². The predicted octanol–water partition coefficient (Wildman–Crippen LogP) is 1.74. The van der Waals surface area contributed by atoms with Crippen molar-refractivity contribution in [1.82, 2.24) is 9.71 Å². The molecule has 0 aliphatic heterocycles. The fourth-order valence-corrected chi connectivity index (χ4v) is 4.27. The zero-order valence-electron chi connectivity index (χ0n) is 10.5. The normalized spacial score (nSPS) is 13.8. The number of hydrogen-bond acceptors (Lipinski definition) is 5. The van der Waals surface area contributed by atoms with Crippen LogP contribution >= 0.6 is 11.3 Å². The molecule has 0 bridgehead atoms. The summed E-state index contributed by atoms with van der Waals surface area (Å²) in [4.78, 5) is 4.12. The second-order valence-corrected chi connectivity index (χ2v) is 7.16. The predicted molar refractivity (Wildman–Crippen MR) is 75.7 cm³/mol. The van der Waals surface area contributed by atoms with Crippen molar-refractivity contribution in [3.05, 3.63) is 24.3 Å². The van der Waals surface area contributed by atoms with E-state index in [4.69, 9.17) is 5.11 Å². The van der Waals surface area contributed by atoms with Crippen molar-refractivity contribution >= 4 is 31.6 Å². The number of nitrogens with zero attached hydrogens (tertiary/aromatic N) is 1. The van der Waals surface area contributed by atoms with E-state index < -0.39 is 16.1 Å². The Kier molecular flexibility index (Phi) is 4.51. The molecule has 7 heteroatoms. The molecule has 104 valence electrons. The molecule has 0 unspecified atom stereocenters. The number of aliphatic hydroxyl groups is 1. The van der Waals surface area contributed by atoms with Crippen LogP contribution in [0.25, 0.3) is 10.2 Å². The third-order valence-electron chi connectivity index (χ3n) is 2.68. The van der Waals surface area contributed by atoms with E-state index in [0.717, 1.165) is 22.5 Å². The second kappa shape index (κ2) is 5.96. The quantitative estimate of drug-likeness (QED) is 0.851. The molecule has 2 N–H and O–H groups in total. The van der Waals surface area contributed by atoms with Crippen LogP contribution in [-0.2, 0) is 10.0 Å². The Balaban J connectivity index is 2.28. The highest BCUT2D eigenvalue weighted by molar-refractivity contribution is 7.91. The van der Waals surface area contributed by atoms with Gasteiger partial charge in [0.05, 0.1) is 16.8 Å². The maximum Gasteiger partial charge on any atom is 0.268 e. The van der Waals surface area contributed by atoms with E-state index in [-0.39, 0.29) is 10.9 Å². The van der Waals surface area contributed by atoms with Crippen molar-refractivity contribution in [3.63, 3.8) is 0 Å². The maximum atomic E-state index is 12.2. The molecule has 0 saturated heterocycles. The Morgan fingerprint density at radius 1 is 1.42 bits per heavy atom. The lowest BCUT2D eigenvalue weighted by Crippen LogP contribution is -2.37. The lowest BCUT2D eigenvalue weighted by atomic mass is 10.2. The van der Waals surface area contributed by atoms with E-state index >= 15 is 0 Å². The number of nitrogens with one attached hydrogen (secondary N) is 1. The van der Waals surface area contributed by atoms with E-state index in [1.807, 2.05) is 25.1 Å². The number of hydrogen-bond donors (Lipinski definition) is 2. The summed E-state index contributed by atoms with van der Waals surface area (Å²) in [6.07, 6.45) is 1.40. The maximum absolute atomic E-state index is 12.2. The standard InChI is InChI=1S/C12H16N2O3S2/c1-2-5-9(8-15)14-19(16,17)12-13-10-6-3-4-7-11(10)18-12/h3-4,6-7,9,14-15H,2,5,8H2,1H3/t9-/m0/s1. The fourth-order valence-electron chi connectivity index (χ4n) is 1.77. The van der Waals surface area contributed by atoms with Crippen LogP contribution in [0.3, 0.4) is 0 Å². The summed E-state index contributed by atoms with van der Waals surface area (Å²) in [6, 6.07) is 6.82. The van der Waals surface area contributed by atoms with Gasteiger partial charge in [0, 0.05) is 6.04 Å². The van der Waals surface area contributed by atoms with Crippen molar-refractivity contribution in [2.24, 2.45) is 0 Å². The van der Waals surface area contributed by atoms with Gasteiger partial charge >= 0.3 is 0 Å². The highest BCUT2D eigenvalue weighted by Crippen LogP contribution is 2.25. The van der Waals surface area contributed by atoms with Crippen LogP contribution < -0.4 is 4.72 Å². The second-order valence-electron chi connectivity index (χ2n) is 4.24. The van der Waals surface area contributed by atoms with Gasteiger partial charge in [-0.2, -0.15) is 0 Å². The summed E-state index contributed by atoms with van der Waals surface area (Å²) >= 11 is 1.13. The van der Waals surface area contributed by atoms with Gasteiger partial charge in [0.2, 0.25) is 4.34 Å². The number of rotatable bonds is 6. The van der Waals surface area contributed by atoms with Gasteiger partial charge in [-0.25, -0.2) is 18.1 Å². The zero-order valence-corrected chi connectivity index (χ0v) is 12.2. The summed E-state index contributed by atoms with van der Waals surface area (Å²) in [5.41, 5.74) is 0.670. The van der Waals surface area contributed by atoms with E-state index in [0.29, 0.717) is 11.9 Å². The third kappa shape index (κ3) is 3.30. The Morgan fingerprint density at radius 2 is 2.16 bits per heavy atom. The summed E-state index contributed by atoms with van der Waals surface area (Å²) < 4.78 is 27.7. The van der Waals surface area contributed by atoms with Gasteiger partial charge in [0.1, 0.15) is 0 Å². The molecule has 2 rings (SSSR count). The molecule has 1 aromatic carbocycles. The highest BCUT2D eigenvalue weighted by atomic mass is 32.2. The van der Waals surface area contributed by atoms with Crippen molar-refractivity contribution in [2.75, 3.05) is 6.61 Å². The van der Waals surface area contributed by atoms with E-state index in [1.165, 1.54) is 0 Å². The van der Waals surface area contributed by atoms with E-state index in [9.17, 15) is 8.42 Å². The molecule has 0 fully saturated rings. The number of sulfonamides is 1. The molecule has 5 nitrogen and oxygen atoms in total. The number of benzene rings is 1. The van der Waals surface area contributed by atoms with Crippen LogP contribution in [0.15, 0.2) is 28.6 Å². The smallest absolute Gasteiger partial charge is 0.268 e. The Morgan fingerprint density at radius 3 is 2.79 bits per heavy atom. The van der Waals surface area contributed by atoms with Gasteiger partial charge in [0.25, 0.3) is 10.0 Å². The first-order valence-electron chi connectivity index (χ1n) is 6.05. The molecule has 19 heavy (non-hydrogen) atoms. The fraction of sp³-hybridized carbons (Fsp3) is 0.417. The molecule has 1 aromatic heterocycles.